The van der Waals surface area contributed by atoms with Gasteiger partial charge in [-0.25, -0.2) is 0 Å². The SMILES string of the molecule is CCOC(=O)CCCCCN1C(=O)/C(=C/c2ccc(OC)c(OCC)c2)SC1=S. The summed E-state index contributed by atoms with van der Waals surface area (Å²) in [5.41, 5.74) is 0.851. The average molecular weight is 438 g/mol. The van der Waals surface area contributed by atoms with Gasteiger partial charge in [0.15, 0.2) is 11.5 Å². The third-order valence-corrected chi connectivity index (χ3v) is 5.60. The van der Waals surface area contributed by atoms with Crippen LogP contribution in [0.4, 0.5) is 0 Å². The highest BCUT2D eigenvalue weighted by molar-refractivity contribution is 8.26. The smallest absolute Gasteiger partial charge is 0.305 e. The number of methoxy groups -OCH3 is 1. The Labute approximate surface area is 181 Å². The third kappa shape index (κ3) is 6.75. The van der Waals surface area contributed by atoms with Crippen LogP contribution >= 0.6 is 24.0 Å². The minimum absolute atomic E-state index is 0.0841. The standard InChI is InChI=1S/C21H27NO5S2/c1-4-26-17-13-15(10-11-16(17)25-3)14-18-20(24)22(21(28)29-18)12-8-6-7-9-19(23)27-5-2/h10-11,13-14H,4-9,12H2,1-3H3/b18-14-. The maximum atomic E-state index is 12.7. The van der Waals surface area contributed by atoms with E-state index in [4.69, 9.17) is 26.4 Å². The second kappa shape index (κ2) is 11.8. The summed E-state index contributed by atoms with van der Waals surface area (Å²) in [7, 11) is 1.59. The third-order valence-electron chi connectivity index (χ3n) is 4.23. The van der Waals surface area contributed by atoms with Gasteiger partial charge in [0.25, 0.3) is 5.91 Å². The lowest BCUT2D eigenvalue weighted by molar-refractivity contribution is -0.143. The predicted octanol–water partition coefficient (Wildman–Crippen LogP) is 4.42. The quantitative estimate of drug-likeness (QED) is 0.220. The molecule has 0 aromatic heterocycles. The van der Waals surface area contributed by atoms with Gasteiger partial charge in [-0.3, -0.25) is 14.5 Å². The molecule has 0 N–H and O–H groups in total. The summed E-state index contributed by atoms with van der Waals surface area (Å²) in [6, 6.07) is 5.55. The molecule has 0 saturated carbocycles. The van der Waals surface area contributed by atoms with Crippen LogP contribution in [-0.2, 0) is 14.3 Å². The van der Waals surface area contributed by atoms with E-state index in [1.165, 1.54) is 11.8 Å². The van der Waals surface area contributed by atoms with Gasteiger partial charge in [-0.1, -0.05) is 36.5 Å². The van der Waals surface area contributed by atoms with Crippen LogP contribution in [0.1, 0.15) is 45.1 Å². The van der Waals surface area contributed by atoms with E-state index in [0.29, 0.717) is 46.9 Å². The molecule has 0 bridgehead atoms. The van der Waals surface area contributed by atoms with Crippen molar-refractivity contribution in [2.75, 3.05) is 26.9 Å². The first-order chi connectivity index (χ1) is 14.0. The summed E-state index contributed by atoms with van der Waals surface area (Å²) >= 11 is 6.68. The van der Waals surface area contributed by atoms with Crippen LogP contribution < -0.4 is 9.47 Å². The zero-order valence-corrected chi connectivity index (χ0v) is 18.7. The van der Waals surface area contributed by atoms with Crippen molar-refractivity contribution in [2.24, 2.45) is 0 Å². The van der Waals surface area contributed by atoms with Crippen molar-refractivity contribution in [3.05, 3.63) is 28.7 Å². The number of esters is 1. The van der Waals surface area contributed by atoms with Crippen LogP contribution in [0.2, 0.25) is 0 Å². The number of hydrogen-bond donors (Lipinski definition) is 0. The van der Waals surface area contributed by atoms with E-state index < -0.39 is 0 Å². The van der Waals surface area contributed by atoms with E-state index in [0.717, 1.165) is 24.8 Å². The molecule has 1 aromatic carbocycles. The van der Waals surface area contributed by atoms with Crippen molar-refractivity contribution in [1.82, 2.24) is 4.90 Å². The van der Waals surface area contributed by atoms with Gasteiger partial charge in [-0.15, -0.1) is 0 Å². The molecule has 0 unspecified atom stereocenters. The number of carbonyl (C=O) groups is 2. The molecule has 1 fully saturated rings. The van der Waals surface area contributed by atoms with Crippen molar-refractivity contribution in [3.63, 3.8) is 0 Å². The molecule has 1 aliphatic heterocycles. The summed E-state index contributed by atoms with van der Waals surface area (Å²) < 4.78 is 16.4. The summed E-state index contributed by atoms with van der Waals surface area (Å²) in [5, 5.41) is 0. The number of nitrogens with zero attached hydrogens (tertiary/aromatic N) is 1. The Balaban J connectivity index is 1.94. The molecule has 1 amide bonds. The molecule has 8 heteroatoms. The first-order valence-electron chi connectivity index (χ1n) is 9.72. The second-order valence-electron chi connectivity index (χ2n) is 6.29. The van der Waals surface area contributed by atoms with Crippen LogP contribution in [0.5, 0.6) is 11.5 Å². The molecule has 2 rings (SSSR count). The molecule has 1 aliphatic rings. The largest absolute Gasteiger partial charge is 0.493 e. The van der Waals surface area contributed by atoms with Crippen LogP contribution in [-0.4, -0.2) is 48.0 Å². The van der Waals surface area contributed by atoms with E-state index >= 15 is 0 Å². The van der Waals surface area contributed by atoms with Gasteiger partial charge >= 0.3 is 5.97 Å². The maximum Gasteiger partial charge on any atom is 0.305 e. The van der Waals surface area contributed by atoms with Gasteiger partial charge in [0.1, 0.15) is 4.32 Å². The number of hydrogen-bond acceptors (Lipinski definition) is 7. The van der Waals surface area contributed by atoms with Crippen LogP contribution in [0, 0.1) is 0 Å². The number of thioether (sulfide) groups is 1. The summed E-state index contributed by atoms with van der Waals surface area (Å²) in [5.74, 6) is 1.03. The topological polar surface area (TPSA) is 65.1 Å². The highest BCUT2D eigenvalue weighted by Crippen LogP contribution is 2.35. The Bertz CT molecular complexity index is 778. The molecule has 0 spiro atoms. The Hall–Kier alpha value is -2.06. The van der Waals surface area contributed by atoms with Crippen molar-refractivity contribution < 1.29 is 23.8 Å². The minimum atomic E-state index is -0.174. The normalized spacial score (nSPS) is 15.1. The van der Waals surface area contributed by atoms with Crippen LogP contribution in [0.15, 0.2) is 23.1 Å². The summed E-state index contributed by atoms with van der Waals surface area (Å²) in [4.78, 5) is 26.3. The zero-order valence-electron chi connectivity index (χ0n) is 17.1. The molecular weight excluding hydrogens is 410 g/mol. The van der Waals surface area contributed by atoms with E-state index in [1.807, 2.05) is 31.2 Å². The fourth-order valence-electron chi connectivity index (χ4n) is 2.84. The lowest BCUT2D eigenvalue weighted by Gasteiger charge is -2.14. The lowest BCUT2D eigenvalue weighted by Crippen LogP contribution is -2.29. The fourth-order valence-corrected chi connectivity index (χ4v) is 4.15. The Morgan fingerprint density at radius 2 is 1.97 bits per heavy atom. The number of unbranched alkanes of at least 4 members (excludes halogenated alkanes) is 2. The van der Waals surface area contributed by atoms with Gasteiger partial charge in [0, 0.05) is 13.0 Å². The van der Waals surface area contributed by atoms with Crippen molar-refractivity contribution in [2.45, 2.75) is 39.5 Å². The summed E-state index contributed by atoms with van der Waals surface area (Å²) in [6.45, 7) is 5.19. The number of rotatable bonds is 11. The first kappa shape index (κ1) is 23.2. The van der Waals surface area contributed by atoms with Gasteiger partial charge in [0.05, 0.1) is 25.2 Å². The number of thiocarbonyl (C=S) groups is 1. The van der Waals surface area contributed by atoms with Gasteiger partial charge < -0.3 is 14.2 Å². The molecule has 6 nitrogen and oxygen atoms in total. The van der Waals surface area contributed by atoms with Crippen molar-refractivity contribution in [3.8, 4) is 11.5 Å². The van der Waals surface area contributed by atoms with Gasteiger partial charge in [0.2, 0.25) is 0 Å². The Morgan fingerprint density at radius 1 is 1.17 bits per heavy atom. The average Bonchev–Trinajstić information content (AvgIpc) is 2.95. The summed E-state index contributed by atoms with van der Waals surface area (Å²) in [6.07, 6.45) is 4.60. The van der Waals surface area contributed by atoms with Crippen molar-refractivity contribution in [1.29, 1.82) is 0 Å². The van der Waals surface area contributed by atoms with Crippen molar-refractivity contribution >= 4 is 46.3 Å². The molecule has 1 heterocycles. The second-order valence-corrected chi connectivity index (χ2v) is 7.97. The van der Waals surface area contributed by atoms with Crippen LogP contribution in [0.3, 0.4) is 0 Å². The maximum absolute atomic E-state index is 12.7. The van der Waals surface area contributed by atoms with Gasteiger partial charge in [-0.05, 0) is 50.5 Å². The molecule has 1 saturated heterocycles. The molecular formula is C21H27NO5S2. The Morgan fingerprint density at radius 3 is 2.66 bits per heavy atom. The highest BCUT2D eigenvalue weighted by atomic mass is 32.2. The fraction of sp³-hybridized carbons (Fsp3) is 0.476. The molecule has 0 aliphatic carbocycles. The number of carbonyl (C=O) groups excluding carboxylic acids is 2. The van der Waals surface area contributed by atoms with E-state index in [2.05, 4.69) is 0 Å². The predicted molar refractivity (Wildman–Crippen MR) is 119 cm³/mol. The molecule has 29 heavy (non-hydrogen) atoms. The first-order valence-corrected chi connectivity index (χ1v) is 10.9. The minimum Gasteiger partial charge on any atom is -0.493 e. The monoisotopic (exact) mass is 437 g/mol. The van der Waals surface area contributed by atoms with E-state index in [-0.39, 0.29) is 11.9 Å². The van der Waals surface area contributed by atoms with Crippen LogP contribution in [0.25, 0.3) is 6.08 Å². The Kier molecular flexibility index (Phi) is 9.47. The zero-order chi connectivity index (χ0) is 21.2. The molecule has 158 valence electrons. The van der Waals surface area contributed by atoms with E-state index in [9.17, 15) is 9.59 Å². The molecule has 0 radical (unpaired) electrons. The lowest BCUT2D eigenvalue weighted by atomic mass is 10.1. The highest BCUT2D eigenvalue weighted by Gasteiger charge is 2.31. The molecule has 0 atom stereocenters. The van der Waals surface area contributed by atoms with Gasteiger partial charge in [-0.2, -0.15) is 0 Å². The number of ether oxygens (including phenoxy) is 3. The number of amides is 1. The molecule has 1 aromatic rings. The van der Waals surface area contributed by atoms with E-state index in [1.54, 1.807) is 18.9 Å². The number of benzene rings is 1.